The highest BCUT2D eigenvalue weighted by Crippen LogP contribution is 2.22. The summed E-state index contributed by atoms with van der Waals surface area (Å²) in [4.78, 5) is 4.08. The Morgan fingerprint density at radius 2 is 1.87 bits per heavy atom. The monoisotopic (exact) mass is 199 g/mol. The molecular weight excluding hydrogens is 186 g/mol. The number of pyridine rings is 1. The Balaban J connectivity index is 2.44. The van der Waals surface area contributed by atoms with Crippen molar-refractivity contribution >= 4 is 0 Å². The molecule has 1 aromatic heterocycles. The van der Waals surface area contributed by atoms with Crippen molar-refractivity contribution in [2.75, 3.05) is 7.11 Å². The smallest absolute Gasteiger partial charge is 0.213 e. The molecule has 0 amide bonds. The fourth-order valence-electron chi connectivity index (χ4n) is 1.53. The molecule has 1 aromatic carbocycles. The molecule has 0 unspecified atom stereocenters. The molecule has 2 nitrogen and oxygen atoms in total. The Bertz CT molecular complexity index is 466. The summed E-state index contributed by atoms with van der Waals surface area (Å²) in [6, 6.07) is 12.3. The van der Waals surface area contributed by atoms with Crippen LogP contribution < -0.4 is 4.74 Å². The predicted octanol–water partition coefficient (Wildman–Crippen LogP) is 3.07. The van der Waals surface area contributed by atoms with Crippen molar-refractivity contribution in [3.8, 4) is 17.0 Å². The third-order valence-electron chi connectivity index (χ3n) is 2.30. The highest BCUT2D eigenvalue weighted by atomic mass is 16.5. The molecule has 2 heteroatoms. The largest absolute Gasteiger partial charge is 0.481 e. The molecule has 0 radical (unpaired) electrons. The first-order valence-corrected chi connectivity index (χ1v) is 4.86. The molecule has 15 heavy (non-hydrogen) atoms. The highest BCUT2D eigenvalue weighted by Gasteiger charge is 1.99. The molecule has 0 bridgehead atoms. The quantitative estimate of drug-likeness (QED) is 0.741. The van der Waals surface area contributed by atoms with Crippen molar-refractivity contribution < 1.29 is 4.74 Å². The van der Waals surface area contributed by atoms with Crippen molar-refractivity contribution in [1.82, 2.24) is 4.98 Å². The summed E-state index contributed by atoms with van der Waals surface area (Å²) < 4.78 is 5.10. The number of methoxy groups -OCH3 is 1. The first-order chi connectivity index (χ1) is 7.29. The molecular formula is C13H13NO. The minimum absolute atomic E-state index is 0.647. The van der Waals surface area contributed by atoms with Crippen molar-refractivity contribution in [2.24, 2.45) is 0 Å². The minimum Gasteiger partial charge on any atom is -0.481 e. The Hall–Kier alpha value is -1.83. The highest BCUT2D eigenvalue weighted by molar-refractivity contribution is 5.64. The van der Waals surface area contributed by atoms with Gasteiger partial charge in [-0.1, -0.05) is 29.8 Å². The van der Waals surface area contributed by atoms with Crippen LogP contribution in [0.3, 0.4) is 0 Å². The van der Waals surface area contributed by atoms with Crippen molar-refractivity contribution in [2.45, 2.75) is 6.92 Å². The van der Waals surface area contributed by atoms with Crippen LogP contribution >= 0.6 is 0 Å². The van der Waals surface area contributed by atoms with Crippen LogP contribution in [0.4, 0.5) is 0 Å². The molecule has 2 rings (SSSR count). The van der Waals surface area contributed by atoms with Gasteiger partial charge in [0, 0.05) is 12.3 Å². The molecule has 1 heterocycles. The molecule has 0 spiro atoms. The van der Waals surface area contributed by atoms with Crippen LogP contribution in [0.25, 0.3) is 11.1 Å². The van der Waals surface area contributed by atoms with E-state index in [1.165, 1.54) is 11.1 Å². The van der Waals surface area contributed by atoms with Gasteiger partial charge >= 0.3 is 0 Å². The summed E-state index contributed by atoms with van der Waals surface area (Å²) in [7, 11) is 1.63. The van der Waals surface area contributed by atoms with Gasteiger partial charge in [-0.25, -0.2) is 4.98 Å². The average molecular weight is 199 g/mol. The van der Waals surface area contributed by atoms with Gasteiger partial charge in [-0.2, -0.15) is 0 Å². The van der Waals surface area contributed by atoms with Crippen LogP contribution in [0, 0.1) is 6.92 Å². The lowest BCUT2D eigenvalue weighted by Crippen LogP contribution is -1.87. The maximum absolute atomic E-state index is 5.10. The molecule has 2 aromatic rings. The van der Waals surface area contributed by atoms with Crippen LogP contribution in [0.15, 0.2) is 42.6 Å². The summed E-state index contributed by atoms with van der Waals surface area (Å²) in [6.07, 6.45) is 1.76. The van der Waals surface area contributed by atoms with Gasteiger partial charge < -0.3 is 4.74 Å². The Kier molecular flexibility index (Phi) is 2.68. The van der Waals surface area contributed by atoms with Gasteiger partial charge in [-0.15, -0.1) is 0 Å². The van der Waals surface area contributed by atoms with Gasteiger partial charge in [-0.05, 0) is 24.1 Å². The summed E-state index contributed by atoms with van der Waals surface area (Å²) in [6.45, 7) is 2.09. The van der Waals surface area contributed by atoms with E-state index in [2.05, 4.69) is 36.2 Å². The SMILES string of the molecule is COc1cc(-c2cccc(C)c2)ccn1. The molecule has 0 N–H and O–H groups in total. The zero-order valence-corrected chi connectivity index (χ0v) is 8.90. The predicted molar refractivity (Wildman–Crippen MR) is 61.0 cm³/mol. The maximum Gasteiger partial charge on any atom is 0.213 e. The van der Waals surface area contributed by atoms with Crippen LogP contribution in [0.5, 0.6) is 5.88 Å². The van der Waals surface area contributed by atoms with Crippen molar-refractivity contribution in [3.05, 3.63) is 48.2 Å². The number of aryl methyl sites for hydroxylation is 1. The fraction of sp³-hybridized carbons (Fsp3) is 0.154. The Morgan fingerprint density at radius 3 is 2.60 bits per heavy atom. The van der Waals surface area contributed by atoms with Crippen molar-refractivity contribution in [3.63, 3.8) is 0 Å². The molecule has 0 aliphatic heterocycles. The van der Waals surface area contributed by atoms with Crippen molar-refractivity contribution in [1.29, 1.82) is 0 Å². The molecule has 0 fully saturated rings. The van der Waals surface area contributed by atoms with E-state index in [0.29, 0.717) is 5.88 Å². The Morgan fingerprint density at radius 1 is 1.07 bits per heavy atom. The topological polar surface area (TPSA) is 22.1 Å². The number of aromatic nitrogens is 1. The lowest BCUT2D eigenvalue weighted by Gasteiger charge is -2.04. The van der Waals surface area contributed by atoms with E-state index in [4.69, 9.17) is 4.74 Å². The summed E-state index contributed by atoms with van der Waals surface area (Å²) in [5, 5.41) is 0. The zero-order chi connectivity index (χ0) is 10.7. The first kappa shape index (κ1) is 9.71. The van der Waals surface area contributed by atoms with Crippen LogP contribution in [-0.2, 0) is 0 Å². The molecule has 0 aliphatic rings. The van der Waals surface area contributed by atoms with Gasteiger partial charge in [0.25, 0.3) is 0 Å². The molecule has 0 aliphatic carbocycles. The third kappa shape index (κ3) is 2.15. The summed E-state index contributed by atoms with van der Waals surface area (Å²) in [5.74, 6) is 0.647. The van der Waals surface area contributed by atoms with E-state index < -0.39 is 0 Å². The van der Waals surface area contributed by atoms with Crippen LogP contribution in [0.2, 0.25) is 0 Å². The fourth-order valence-corrected chi connectivity index (χ4v) is 1.53. The second kappa shape index (κ2) is 4.13. The number of hydrogen-bond donors (Lipinski definition) is 0. The minimum atomic E-state index is 0.647. The second-order valence-corrected chi connectivity index (χ2v) is 3.46. The van der Waals surface area contributed by atoms with E-state index in [0.717, 1.165) is 5.56 Å². The van der Waals surface area contributed by atoms with Gasteiger partial charge in [0.05, 0.1) is 7.11 Å². The average Bonchev–Trinajstić information content (AvgIpc) is 2.29. The van der Waals surface area contributed by atoms with Gasteiger partial charge in [0.2, 0.25) is 5.88 Å². The number of nitrogens with zero attached hydrogens (tertiary/aromatic N) is 1. The standard InChI is InChI=1S/C13H13NO/c1-10-4-3-5-11(8-10)12-6-7-14-13(9-12)15-2/h3-9H,1-2H3. The van der Waals surface area contributed by atoms with E-state index in [1.54, 1.807) is 13.3 Å². The van der Waals surface area contributed by atoms with Gasteiger partial charge in [0.1, 0.15) is 0 Å². The van der Waals surface area contributed by atoms with Crippen LogP contribution in [-0.4, -0.2) is 12.1 Å². The number of rotatable bonds is 2. The molecule has 0 saturated carbocycles. The Labute approximate surface area is 89.6 Å². The summed E-state index contributed by atoms with van der Waals surface area (Å²) >= 11 is 0. The van der Waals surface area contributed by atoms with Gasteiger partial charge in [0.15, 0.2) is 0 Å². The number of ether oxygens (including phenoxy) is 1. The van der Waals surface area contributed by atoms with E-state index >= 15 is 0 Å². The van der Waals surface area contributed by atoms with Crippen LogP contribution in [0.1, 0.15) is 5.56 Å². The lowest BCUT2D eigenvalue weighted by atomic mass is 10.1. The first-order valence-electron chi connectivity index (χ1n) is 4.86. The van der Waals surface area contributed by atoms with E-state index in [1.807, 2.05) is 12.1 Å². The van der Waals surface area contributed by atoms with E-state index in [-0.39, 0.29) is 0 Å². The molecule has 0 atom stereocenters. The third-order valence-corrected chi connectivity index (χ3v) is 2.30. The van der Waals surface area contributed by atoms with Gasteiger partial charge in [-0.3, -0.25) is 0 Å². The number of benzene rings is 1. The normalized spacial score (nSPS) is 10.0. The second-order valence-electron chi connectivity index (χ2n) is 3.46. The lowest BCUT2D eigenvalue weighted by molar-refractivity contribution is 0.398. The van der Waals surface area contributed by atoms with E-state index in [9.17, 15) is 0 Å². The maximum atomic E-state index is 5.10. The zero-order valence-electron chi connectivity index (χ0n) is 8.90. The molecule has 76 valence electrons. The molecule has 0 saturated heterocycles. The summed E-state index contributed by atoms with van der Waals surface area (Å²) in [5.41, 5.74) is 3.57. The number of hydrogen-bond acceptors (Lipinski definition) is 2.